The van der Waals surface area contributed by atoms with Crippen molar-refractivity contribution in [3.63, 3.8) is 0 Å². The number of amides is 1. The van der Waals surface area contributed by atoms with E-state index in [0.29, 0.717) is 11.1 Å². The third kappa shape index (κ3) is 3.51. The first-order valence-electron chi connectivity index (χ1n) is 6.72. The summed E-state index contributed by atoms with van der Waals surface area (Å²) in [5, 5.41) is 19.5. The van der Waals surface area contributed by atoms with E-state index in [2.05, 4.69) is 26.6 Å². The van der Waals surface area contributed by atoms with Crippen molar-refractivity contribution in [3.8, 4) is 6.07 Å². The SMILES string of the molecule is CC(C)C(C)(C#N)NC(=O)CSc1n[nH]c(C2CC2)n1. The van der Waals surface area contributed by atoms with Crippen molar-refractivity contribution in [3.05, 3.63) is 5.82 Å². The van der Waals surface area contributed by atoms with Gasteiger partial charge in [-0.25, -0.2) is 4.98 Å². The zero-order valence-electron chi connectivity index (χ0n) is 11.9. The zero-order chi connectivity index (χ0) is 14.8. The molecule has 0 spiro atoms. The van der Waals surface area contributed by atoms with Gasteiger partial charge in [-0.05, 0) is 25.7 Å². The Morgan fingerprint density at radius 1 is 1.65 bits per heavy atom. The fourth-order valence-electron chi connectivity index (χ4n) is 1.62. The van der Waals surface area contributed by atoms with Gasteiger partial charge >= 0.3 is 0 Å². The monoisotopic (exact) mass is 293 g/mol. The molecule has 1 amide bonds. The predicted octanol–water partition coefficient (Wildman–Crippen LogP) is 1.83. The van der Waals surface area contributed by atoms with Crippen LogP contribution < -0.4 is 5.32 Å². The number of carbonyl (C=O) groups excluding carboxylic acids is 1. The molecule has 2 N–H and O–H groups in total. The molecule has 1 aromatic heterocycles. The second-order valence-electron chi connectivity index (χ2n) is 5.58. The van der Waals surface area contributed by atoms with Crippen LogP contribution in [0.25, 0.3) is 0 Å². The van der Waals surface area contributed by atoms with E-state index in [1.54, 1.807) is 6.92 Å². The van der Waals surface area contributed by atoms with Crippen LogP contribution in [0.3, 0.4) is 0 Å². The van der Waals surface area contributed by atoms with Gasteiger partial charge in [0, 0.05) is 5.92 Å². The Morgan fingerprint density at radius 2 is 2.35 bits per heavy atom. The number of thioether (sulfide) groups is 1. The number of nitrogens with zero attached hydrogens (tertiary/aromatic N) is 3. The molecular weight excluding hydrogens is 274 g/mol. The standard InChI is InChI=1S/C13H19N5OS/c1-8(2)13(3,7-14)16-10(19)6-20-12-15-11(17-18-12)9-4-5-9/h8-9H,4-6H2,1-3H3,(H,16,19)(H,15,17,18). The topological polar surface area (TPSA) is 94.5 Å². The van der Waals surface area contributed by atoms with Crippen molar-refractivity contribution in [2.45, 2.75) is 50.2 Å². The first-order chi connectivity index (χ1) is 9.44. The molecule has 0 aromatic carbocycles. The first-order valence-corrected chi connectivity index (χ1v) is 7.70. The summed E-state index contributed by atoms with van der Waals surface area (Å²) in [7, 11) is 0. The number of hydrogen-bond acceptors (Lipinski definition) is 5. The Hall–Kier alpha value is -1.55. The lowest BCUT2D eigenvalue weighted by atomic mass is 9.90. The summed E-state index contributed by atoms with van der Waals surface area (Å²) in [6, 6.07) is 2.16. The third-order valence-corrected chi connectivity index (χ3v) is 4.41. The average molecular weight is 293 g/mol. The fraction of sp³-hybridized carbons (Fsp3) is 0.692. The van der Waals surface area contributed by atoms with E-state index in [9.17, 15) is 4.79 Å². The van der Waals surface area contributed by atoms with Crippen molar-refractivity contribution in [2.75, 3.05) is 5.75 Å². The highest BCUT2D eigenvalue weighted by molar-refractivity contribution is 7.99. The molecule has 1 saturated carbocycles. The van der Waals surface area contributed by atoms with E-state index in [1.165, 1.54) is 11.8 Å². The Labute approximate surface area is 122 Å². The van der Waals surface area contributed by atoms with E-state index < -0.39 is 5.54 Å². The van der Waals surface area contributed by atoms with E-state index in [-0.39, 0.29) is 17.6 Å². The molecule has 0 bridgehead atoms. The summed E-state index contributed by atoms with van der Waals surface area (Å²) in [5.41, 5.74) is -0.837. The van der Waals surface area contributed by atoms with Crippen LogP contribution in [0.4, 0.5) is 0 Å². The Balaban J connectivity index is 1.83. The molecule has 0 saturated heterocycles. The van der Waals surface area contributed by atoms with E-state index in [4.69, 9.17) is 5.26 Å². The summed E-state index contributed by atoms with van der Waals surface area (Å²) in [5.74, 6) is 1.52. The van der Waals surface area contributed by atoms with Crippen molar-refractivity contribution in [1.29, 1.82) is 5.26 Å². The number of carbonyl (C=O) groups is 1. The first kappa shape index (κ1) is 14.9. The maximum absolute atomic E-state index is 11.9. The molecule has 6 nitrogen and oxygen atoms in total. The van der Waals surface area contributed by atoms with Gasteiger partial charge in [-0.3, -0.25) is 9.89 Å². The molecule has 108 valence electrons. The van der Waals surface area contributed by atoms with E-state index in [0.717, 1.165) is 18.7 Å². The number of H-pyrrole nitrogens is 1. The van der Waals surface area contributed by atoms with Crippen LogP contribution in [0.2, 0.25) is 0 Å². The number of hydrogen-bond donors (Lipinski definition) is 2. The molecule has 1 atom stereocenters. The zero-order valence-corrected chi connectivity index (χ0v) is 12.8. The summed E-state index contributed by atoms with van der Waals surface area (Å²) in [6.07, 6.45) is 2.32. The van der Waals surface area contributed by atoms with Gasteiger partial charge < -0.3 is 5.32 Å². The van der Waals surface area contributed by atoms with Crippen molar-refractivity contribution in [2.24, 2.45) is 5.92 Å². The molecule has 1 unspecified atom stereocenters. The van der Waals surface area contributed by atoms with E-state index >= 15 is 0 Å². The van der Waals surface area contributed by atoms with Crippen LogP contribution in [-0.4, -0.2) is 32.4 Å². The smallest absolute Gasteiger partial charge is 0.231 e. The number of nitriles is 1. The molecule has 1 aliphatic rings. The number of nitrogens with one attached hydrogen (secondary N) is 2. The fourth-order valence-corrected chi connectivity index (χ4v) is 2.22. The molecular formula is C13H19N5OS. The molecule has 1 heterocycles. The number of rotatable bonds is 6. The minimum atomic E-state index is -0.837. The number of aromatic amines is 1. The maximum atomic E-state index is 11.9. The Bertz CT molecular complexity index is 531. The van der Waals surface area contributed by atoms with Gasteiger partial charge in [0.25, 0.3) is 0 Å². The average Bonchev–Trinajstić information content (AvgIpc) is 3.15. The van der Waals surface area contributed by atoms with Gasteiger partial charge in [0.15, 0.2) is 0 Å². The Morgan fingerprint density at radius 3 is 2.90 bits per heavy atom. The van der Waals surface area contributed by atoms with Crippen LogP contribution in [0.15, 0.2) is 5.16 Å². The highest BCUT2D eigenvalue weighted by Crippen LogP contribution is 2.38. The lowest BCUT2D eigenvalue weighted by Crippen LogP contribution is -2.49. The minimum absolute atomic E-state index is 0.0476. The highest BCUT2D eigenvalue weighted by Gasteiger charge is 2.30. The third-order valence-electron chi connectivity index (χ3n) is 3.56. The van der Waals surface area contributed by atoms with Crippen LogP contribution in [0.1, 0.15) is 45.4 Å². The quantitative estimate of drug-likeness (QED) is 0.780. The normalized spacial score (nSPS) is 17.6. The maximum Gasteiger partial charge on any atom is 0.231 e. The molecule has 0 radical (unpaired) electrons. The summed E-state index contributed by atoms with van der Waals surface area (Å²) < 4.78 is 0. The summed E-state index contributed by atoms with van der Waals surface area (Å²) in [6.45, 7) is 5.56. The minimum Gasteiger partial charge on any atom is -0.337 e. The largest absolute Gasteiger partial charge is 0.337 e. The van der Waals surface area contributed by atoms with Crippen LogP contribution in [0.5, 0.6) is 0 Å². The molecule has 7 heteroatoms. The molecule has 0 aliphatic heterocycles. The predicted molar refractivity (Wildman–Crippen MR) is 76.1 cm³/mol. The lowest BCUT2D eigenvalue weighted by molar-refractivity contribution is -0.120. The van der Waals surface area contributed by atoms with Crippen molar-refractivity contribution in [1.82, 2.24) is 20.5 Å². The van der Waals surface area contributed by atoms with E-state index in [1.807, 2.05) is 13.8 Å². The molecule has 2 rings (SSSR count). The number of aromatic nitrogens is 3. The van der Waals surface area contributed by atoms with Crippen LogP contribution in [0, 0.1) is 17.2 Å². The van der Waals surface area contributed by atoms with Gasteiger partial charge in [0.1, 0.15) is 11.4 Å². The molecule has 20 heavy (non-hydrogen) atoms. The van der Waals surface area contributed by atoms with Gasteiger partial charge in [0.05, 0.1) is 11.8 Å². The molecule has 1 fully saturated rings. The lowest BCUT2D eigenvalue weighted by Gasteiger charge is -2.27. The van der Waals surface area contributed by atoms with Gasteiger partial charge in [0.2, 0.25) is 11.1 Å². The van der Waals surface area contributed by atoms with Gasteiger partial charge in [-0.2, -0.15) is 5.26 Å². The summed E-state index contributed by atoms with van der Waals surface area (Å²) >= 11 is 1.28. The van der Waals surface area contributed by atoms with Gasteiger partial charge in [-0.15, -0.1) is 5.10 Å². The van der Waals surface area contributed by atoms with Crippen molar-refractivity contribution >= 4 is 17.7 Å². The molecule has 1 aromatic rings. The highest BCUT2D eigenvalue weighted by atomic mass is 32.2. The molecule has 1 aliphatic carbocycles. The van der Waals surface area contributed by atoms with Gasteiger partial charge in [-0.1, -0.05) is 25.6 Å². The summed E-state index contributed by atoms with van der Waals surface area (Å²) in [4.78, 5) is 16.2. The van der Waals surface area contributed by atoms with Crippen molar-refractivity contribution < 1.29 is 4.79 Å². The second kappa shape index (κ2) is 5.83. The second-order valence-corrected chi connectivity index (χ2v) is 6.53. The van der Waals surface area contributed by atoms with Crippen LogP contribution >= 0.6 is 11.8 Å². The Kier molecular flexibility index (Phi) is 4.33. The van der Waals surface area contributed by atoms with Crippen LogP contribution in [-0.2, 0) is 4.79 Å².